The van der Waals surface area contributed by atoms with Crippen LogP contribution in [0.4, 0.5) is 11.4 Å². The van der Waals surface area contributed by atoms with Gasteiger partial charge in [-0.05, 0) is 81.0 Å². The third kappa shape index (κ3) is 6.75. The van der Waals surface area contributed by atoms with Gasteiger partial charge in [0, 0.05) is 18.0 Å². The highest BCUT2D eigenvalue weighted by atomic mass is 32.2. The van der Waals surface area contributed by atoms with E-state index in [4.69, 9.17) is 4.74 Å². The molecular weight excluding hydrogens is 534 g/mol. The first kappa shape index (κ1) is 28.5. The molecule has 0 saturated carbocycles. The Hall–Kier alpha value is -3.50. The smallest absolute Gasteiger partial charge is 0.264 e. The van der Waals surface area contributed by atoms with E-state index in [1.807, 2.05) is 6.26 Å². The number of thioether (sulfide) groups is 1. The second-order valence-corrected chi connectivity index (χ2v) is 11.8. The fourth-order valence-electron chi connectivity index (χ4n) is 4.48. The summed E-state index contributed by atoms with van der Waals surface area (Å²) in [5.74, 6) is -0.382. The van der Waals surface area contributed by atoms with Gasteiger partial charge in [-0.2, -0.15) is 0 Å². The summed E-state index contributed by atoms with van der Waals surface area (Å²) in [6.07, 6.45) is 4.90. The van der Waals surface area contributed by atoms with Gasteiger partial charge in [0.15, 0.2) is 0 Å². The van der Waals surface area contributed by atoms with E-state index in [1.165, 1.54) is 23.9 Å². The van der Waals surface area contributed by atoms with E-state index in [0.717, 1.165) is 28.5 Å². The molecule has 4 rings (SSSR count). The lowest BCUT2D eigenvalue weighted by Crippen LogP contribution is -2.39. The molecule has 8 nitrogen and oxygen atoms in total. The topological polar surface area (TPSA) is 96.0 Å². The number of carbonyl (C=O) groups is 2. The highest BCUT2D eigenvalue weighted by Crippen LogP contribution is 2.33. The predicted octanol–water partition coefficient (Wildman–Crippen LogP) is 5.27. The number of sulfonamides is 1. The zero-order valence-electron chi connectivity index (χ0n) is 22.1. The van der Waals surface area contributed by atoms with Crippen LogP contribution in [-0.2, 0) is 14.8 Å². The molecule has 0 aliphatic carbocycles. The van der Waals surface area contributed by atoms with Crippen molar-refractivity contribution < 1.29 is 22.7 Å². The van der Waals surface area contributed by atoms with Crippen molar-refractivity contribution in [2.45, 2.75) is 36.0 Å². The van der Waals surface area contributed by atoms with Gasteiger partial charge in [-0.15, -0.1) is 11.8 Å². The molecular formula is C29H33N3O5S2. The van der Waals surface area contributed by atoms with Crippen molar-refractivity contribution in [3.8, 4) is 5.75 Å². The average Bonchev–Trinajstić information content (AvgIpc) is 2.97. The lowest BCUT2D eigenvalue weighted by molar-refractivity contribution is -0.114. The molecule has 0 radical (unpaired) electrons. The predicted molar refractivity (Wildman–Crippen MR) is 155 cm³/mol. The quantitative estimate of drug-likeness (QED) is 0.336. The van der Waals surface area contributed by atoms with Gasteiger partial charge in [-0.25, -0.2) is 8.42 Å². The molecule has 2 amide bonds. The standard InChI is InChI=1S/C29H33N3O5S2/c1-3-37-27-14-8-7-13-26(27)32(39(35,36)23-17-15-22(38-2)16-18-23)21-28(33)30-25-12-6-5-11-24(25)29(34)31-19-9-4-10-20-31/h5-8,11-18H,3-4,9-10,19-21H2,1-2H3,(H,30,33). The van der Waals surface area contributed by atoms with Crippen LogP contribution in [0.5, 0.6) is 5.75 Å². The number of anilines is 2. The number of hydrogen-bond donors (Lipinski definition) is 1. The lowest BCUT2D eigenvalue weighted by Gasteiger charge is -2.28. The number of para-hydroxylation sites is 3. The summed E-state index contributed by atoms with van der Waals surface area (Å²) >= 11 is 1.50. The number of likely N-dealkylation sites (tertiary alicyclic amines) is 1. The Morgan fingerprint density at radius 2 is 1.62 bits per heavy atom. The van der Waals surface area contributed by atoms with Crippen molar-refractivity contribution in [3.63, 3.8) is 0 Å². The second kappa shape index (κ2) is 13.0. The largest absolute Gasteiger partial charge is 0.492 e. The number of ether oxygens (including phenoxy) is 1. The second-order valence-electron chi connectivity index (χ2n) is 9.03. The highest BCUT2D eigenvalue weighted by Gasteiger charge is 2.30. The van der Waals surface area contributed by atoms with Crippen molar-refractivity contribution in [3.05, 3.63) is 78.4 Å². The van der Waals surface area contributed by atoms with E-state index >= 15 is 0 Å². The molecule has 1 N–H and O–H groups in total. The minimum atomic E-state index is -4.14. The maximum atomic E-state index is 13.9. The minimum Gasteiger partial charge on any atom is -0.492 e. The van der Waals surface area contributed by atoms with Gasteiger partial charge < -0.3 is 15.0 Å². The molecule has 1 saturated heterocycles. The summed E-state index contributed by atoms with van der Waals surface area (Å²) in [6, 6.07) is 20.1. The van der Waals surface area contributed by atoms with E-state index in [-0.39, 0.29) is 16.5 Å². The van der Waals surface area contributed by atoms with Crippen LogP contribution < -0.4 is 14.4 Å². The molecule has 0 bridgehead atoms. The first-order valence-corrected chi connectivity index (χ1v) is 15.6. The fraction of sp³-hybridized carbons (Fsp3) is 0.310. The average molecular weight is 568 g/mol. The molecule has 0 atom stereocenters. The number of rotatable bonds is 10. The number of hydrogen-bond acceptors (Lipinski definition) is 6. The molecule has 206 valence electrons. The summed E-state index contributed by atoms with van der Waals surface area (Å²) in [5.41, 5.74) is 0.975. The Balaban J connectivity index is 1.65. The maximum Gasteiger partial charge on any atom is 0.264 e. The molecule has 1 fully saturated rings. The Morgan fingerprint density at radius 1 is 0.949 bits per heavy atom. The van der Waals surface area contributed by atoms with Gasteiger partial charge in [0.2, 0.25) is 5.91 Å². The van der Waals surface area contributed by atoms with Crippen LogP contribution in [-0.4, -0.2) is 57.6 Å². The third-order valence-corrected chi connectivity index (χ3v) is 8.96. The van der Waals surface area contributed by atoms with Crippen molar-refractivity contribution in [2.75, 3.05) is 42.1 Å². The molecule has 10 heteroatoms. The Labute approximate surface area is 234 Å². The van der Waals surface area contributed by atoms with Gasteiger partial charge in [0.05, 0.1) is 28.4 Å². The zero-order valence-corrected chi connectivity index (χ0v) is 23.8. The third-order valence-electron chi connectivity index (χ3n) is 6.44. The molecule has 1 aliphatic rings. The van der Waals surface area contributed by atoms with E-state index < -0.39 is 22.5 Å². The Morgan fingerprint density at radius 3 is 2.31 bits per heavy atom. The maximum absolute atomic E-state index is 13.9. The number of nitrogens with zero attached hydrogens (tertiary/aromatic N) is 2. The van der Waals surface area contributed by atoms with E-state index in [1.54, 1.807) is 72.5 Å². The van der Waals surface area contributed by atoms with Crippen LogP contribution in [0.1, 0.15) is 36.5 Å². The van der Waals surface area contributed by atoms with Gasteiger partial charge in [0.1, 0.15) is 12.3 Å². The summed E-state index contributed by atoms with van der Waals surface area (Å²) in [4.78, 5) is 29.4. The van der Waals surface area contributed by atoms with Crippen molar-refractivity contribution >= 4 is 45.0 Å². The van der Waals surface area contributed by atoms with Crippen molar-refractivity contribution in [1.29, 1.82) is 0 Å². The molecule has 39 heavy (non-hydrogen) atoms. The van der Waals surface area contributed by atoms with E-state index in [0.29, 0.717) is 36.7 Å². The van der Waals surface area contributed by atoms with Crippen LogP contribution in [0.15, 0.2) is 82.6 Å². The van der Waals surface area contributed by atoms with Crippen molar-refractivity contribution in [2.24, 2.45) is 0 Å². The van der Waals surface area contributed by atoms with Crippen LogP contribution in [0.25, 0.3) is 0 Å². The molecule has 0 spiro atoms. The van der Waals surface area contributed by atoms with Gasteiger partial charge in [0.25, 0.3) is 15.9 Å². The summed E-state index contributed by atoms with van der Waals surface area (Å²) in [5, 5.41) is 2.79. The fourth-order valence-corrected chi connectivity index (χ4v) is 6.32. The molecule has 0 unspecified atom stereocenters. The van der Waals surface area contributed by atoms with E-state index in [9.17, 15) is 18.0 Å². The Bertz CT molecular complexity index is 1400. The molecule has 1 aliphatic heterocycles. The van der Waals surface area contributed by atoms with Gasteiger partial charge in [-0.3, -0.25) is 13.9 Å². The zero-order chi connectivity index (χ0) is 27.8. The number of carbonyl (C=O) groups excluding carboxylic acids is 2. The van der Waals surface area contributed by atoms with Crippen LogP contribution in [0, 0.1) is 0 Å². The monoisotopic (exact) mass is 567 g/mol. The number of benzene rings is 3. The molecule has 3 aromatic carbocycles. The molecule has 0 aromatic heterocycles. The van der Waals surface area contributed by atoms with Gasteiger partial charge >= 0.3 is 0 Å². The summed E-state index contributed by atoms with van der Waals surface area (Å²) in [7, 11) is -4.14. The molecule has 3 aromatic rings. The first-order chi connectivity index (χ1) is 18.8. The first-order valence-electron chi connectivity index (χ1n) is 12.9. The highest BCUT2D eigenvalue weighted by molar-refractivity contribution is 7.98. The van der Waals surface area contributed by atoms with E-state index in [2.05, 4.69) is 5.32 Å². The van der Waals surface area contributed by atoms with Gasteiger partial charge in [-0.1, -0.05) is 24.3 Å². The summed E-state index contributed by atoms with van der Waals surface area (Å²) < 4.78 is 34.5. The number of nitrogens with one attached hydrogen (secondary N) is 1. The van der Waals surface area contributed by atoms with Crippen molar-refractivity contribution in [1.82, 2.24) is 4.90 Å². The number of piperidine rings is 1. The normalized spacial score (nSPS) is 13.5. The minimum absolute atomic E-state index is 0.0556. The van der Waals surface area contributed by atoms with Crippen LogP contribution in [0.2, 0.25) is 0 Å². The summed E-state index contributed by atoms with van der Waals surface area (Å²) in [6.45, 7) is 2.97. The number of amides is 2. The Kier molecular flexibility index (Phi) is 9.53. The van der Waals surface area contributed by atoms with Crippen LogP contribution in [0.3, 0.4) is 0 Å². The lowest BCUT2D eigenvalue weighted by atomic mass is 10.1. The van der Waals surface area contributed by atoms with Crippen LogP contribution >= 0.6 is 11.8 Å². The molecule has 1 heterocycles. The SMILES string of the molecule is CCOc1ccccc1N(CC(=O)Nc1ccccc1C(=O)N1CCCCC1)S(=O)(=O)c1ccc(SC)cc1.